The number of nitrogens with one attached hydrogen (secondary N) is 1. The van der Waals surface area contributed by atoms with Crippen LogP contribution in [0, 0.1) is 25.6 Å². The first-order valence-electron chi connectivity index (χ1n) is 11.1. The van der Waals surface area contributed by atoms with E-state index in [1.54, 1.807) is 18.2 Å². The molecule has 1 saturated heterocycles. The van der Waals surface area contributed by atoms with Gasteiger partial charge in [-0.25, -0.2) is 4.39 Å². The number of hydrogen-bond donors (Lipinski definition) is 1. The molecule has 164 valence electrons. The Kier molecular flexibility index (Phi) is 7.64. The van der Waals surface area contributed by atoms with Gasteiger partial charge in [0.15, 0.2) is 0 Å². The van der Waals surface area contributed by atoms with E-state index in [4.69, 9.17) is 5.10 Å². The minimum atomic E-state index is -0.271. The predicted molar refractivity (Wildman–Crippen MR) is 118 cm³/mol. The molecule has 3 rings (SSSR count). The topological polar surface area (TPSA) is 50.2 Å². The van der Waals surface area contributed by atoms with E-state index in [1.807, 2.05) is 0 Å². The minimum absolute atomic E-state index is 0.000255. The number of halogens is 1. The van der Waals surface area contributed by atoms with E-state index in [9.17, 15) is 9.18 Å². The third-order valence-electron chi connectivity index (χ3n) is 6.16. The number of aromatic nitrogens is 2. The average molecular weight is 415 g/mol. The lowest BCUT2D eigenvalue weighted by Gasteiger charge is -2.32. The van der Waals surface area contributed by atoms with Gasteiger partial charge in [-0.15, -0.1) is 0 Å². The van der Waals surface area contributed by atoms with Crippen LogP contribution in [-0.4, -0.2) is 33.7 Å². The molecule has 2 aromatic rings. The number of carbonyl (C=O) groups is 1. The lowest BCUT2D eigenvalue weighted by molar-refractivity contribution is -0.121. The van der Waals surface area contributed by atoms with Gasteiger partial charge >= 0.3 is 0 Å². The van der Waals surface area contributed by atoms with Gasteiger partial charge in [-0.3, -0.25) is 14.4 Å². The third kappa shape index (κ3) is 5.69. The summed E-state index contributed by atoms with van der Waals surface area (Å²) >= 11 is 0. The molecule has 30 heavy (non-hydrogen) atoms. The number of likely N-dealkylation sites (tertiary alicyclic amines) is 1. The maximum atomic E-state index is 13.7. The van der Waals surface area contributed by atoms with E-state index in [2.05, 4.69) is 42.6 Å². The van der Waals surface area contributed by atoms with Crippen molar-refractivity contribution in [3.63, 3.8) is 0 Å². The molecule has 1 atom stereocenters. The van der Waals surface area contributed by atoms with Crippen molar-refractivity contribution in [1.82, 2.24) is 20.0 Å². The molecule has 1 aromatic heterocycles. The van der Waals surface area contributed by atoms with Gasteiger partial charge in [-0.2, -0.15) is 5.10 Å². The highest BCUT2D eigenvalue weighted by Crippen LogP contribution is 2.25. The molecule has 0 saturated carbocycles. The third-order valence-corrected chi connectivity index (χ3v) is 6.16. The fraction of sp³-hybridized carbons (Fsp3) is 0.583. The Labute approximate surface area is 179 Å². The first kappa shape index (κ1) is 22.5. The number of amides is 1. The van der Waals surface area contributed by atoms with Crippen molar-refractivity contribution in [2.45, 2.75) is 72.5 Å². The van der Waals surface area contributed by atoms with Gasteiger partial charge in [0, 0.05) is 48.9 Å². The number of nitrogens with zero attached hydrogens (tertiary/aromatic N) is 3. The van der Waals surface area contributed by atoms with Crippen LogP contribution in [0.1, 0.15) is 68.1 Å². The Morgan fingerprint density at radius 1 is 1.30 bits per heavy atom. The second kappa shape index (κ2) is 10.2. The molecule has 0 bridgehead atoms. The van der Waals surface area contributed by atoms with E-state index in [1.165, 1.54) is 23.7 Å². The summed E-state index contributed by atoms with van der Waals surface area (Å²) in [6.07, 6.45) is 3.71. The molecule has 0 aliphatic carbocycles. The van der Waals surface area contributed by atoms with Crippen LogP contribution in [0.2, 0.25) is 0 Å². The molecule has 1 amide bonds. The van der Waals surface area contributed by atoms with Gasteiger partial charge in [-0.1, -0.05) is 18.2 Å². The van der Waals surface area contributed by atoms with E-state index >= 15 is 0 Å². The molecule has 1 fully saturated rings. The minimum Gasteiger partial charge on any atom is -0.352 e. The Hall–Kier alpha value is -2.21. The van der Waals surface area contributed by atoms with Gasteiger partial charge < -0.3 is 5.32 Å². The monoisotopic (exact) mass is 414 g/mol. The van der Waals surface area contributed by atoms with Gasteiger partial charge in [0.25, 0.3) is 0 Å². The number of piperidine rings is 1. The summed E-state index contributed by atoms with van der Waals surface area (Å²) in [5.74, 6) is 0.256. The van der Waals surface area contributed by atoms with Gasteiger partial charge in [0.2, 0.25) is 5.91 Å². The van der Waals surface area contributed by atoms with Crippen LogP contribution < -0.4 is 5.32 Å². The lowest BCUT2D eigenvalue weighted by Crippen LogP contribution is -2.35. The Morgan fingerprint density at radius 3 is 2.77 bits per heavy atom. The predicted octanol–water partition coefficient (Wildman–Crippen LogP) is 4.53. The standard InChI is InChI=1S/C24H35FN4O/c1-17(2)29-19(4)22(18(3)27-29)16-28-13-7-8-20(15-28)11-12-24(30)26-14-21-9-5-6-10-23(21)25/h5-6,9-10,17,20H,7-8,11-16H2,1-4H3,(H,26,30)/t20-/m1/s1. The van der Waals surface area contributed by atoms with E-state index < -0.39 is 0 Å². The summed E-state index contributed by atoms with van der Waals surface area (Å²) in [4.78, 5) is 14.7. The Morgan fingerprint density at radius 2 is 2.07 bits per heavy atom. The summed E-state index contributed by atoms with van der Waals surface area (Å²) in [5, 5.41) is 7.57. The molecular weight excluding hydrogens is 379 g/mol. The average Bonchev–Trinajstić information content (AvgIpc) is 3.00. The zero-order valence-electron chi connectivity index (χ0n) is 18.7. The van der Waals surface area contributed by atoms with Crippen LogP contribution in [-0.2, 0) is 17.9 Å². The number of aryl methyl sites for hydroxylation is 1. The highest BCUT2D eigenvalue weighted by Gasteiger charge is 2.23. The zero-order chi connectivity index (χ0) is 21.7. The molecule has 6 heteroatoms. The normalized spacial score (nSPS) is 17.5. The molecule has 1 aliphatic rings. The number of rotatable bonds is 8. The summed E-state index contributed by atoms with van der Waals surface area (Å²) in [6.45, 7) is 11.9. The quantitative estimate of drug-likeness (QED) is 0.690. The summed E-state index contributed by atoms with van der Waals surface area (Å²) in [6, 6.07) is 6.95. The maximum Gasteiger partial charge on any atom is 0.220 e. The fourth-order valence-corrected chi connectivity index (χ4v) is 4.44. The zero-order valence-corrected chi connectivity index (χ0v) is 18.7. The summed E-state index contributed by atoms with van der Waals surface area (Å²) < 4.78 is 15.8. The molecular formula is C24H35FN4O. The number of carbonyl (C=O) groups excluding carboxylic acids is 1. The van der Waals surface area contributed by atoms with Crippen LogP contribution in [0.3, 0.4) is 0 Å². The first-order valence-corrected chi connectivity index (χ1v) is 11.1. The second-order valence-electron chi connectivity index (χ2n) is 8.84. The molecule has 1 aliphatic heterocycles. The summed E-state index contributed by atoms with van der Waals surface area (Å²) in [7, 11) is 0. The van der Waals surface area contributed by atoms with Crippen molar-refractivity contribution in [3.8, 4) is 0 Å². The van der Waals surface area contributed by atoms with E-state index in [-0.39, 0.29) is 18.3 Å². The molecule has 1 N–H and O–H groups in total. The van der Waals surface area contributed by atoms with E-state index in [0.717, 1.165) is 38.2 Å². The Balaban J connectivity index is 1.47. The molecule has 0 radical (unpaired) electrons. The van der Waals surface area contributed by atoms with Gasteiger partial charge in [0.05, 0.1) is 5.69 Å². The smallest absolute Gasteiger partial charge is 0.220 e. The van der Waals surface area contributed by atoms with Crippen LogP contribution in [0.25, 0.3) is 0 Å². The molecule has 1 aromatic carbocycles. The lowest BCUT2D eigenvalue weighted by atomic mass is 9.93. The van der Waals surface area contributed by atoms with Crippen LogP contribution in [0.4, 0.5) is 4.39 Å². The summed E-state index contributed by atoms with van der Waals surface area (Å²) in [5.41, 5.74) is 4.25. The van der Waals surface area contributed by atoms with Crippen molar-refractivity contribution >= 4 is 5.91 Å². The largest absolute Gasteiger partial charge is 0.352 e. The van der Waals surface area contributed by atoms with Crippen molar-refractivity contribution < 1.29 is 9.18 Å². The van der Waals surface area contributed by atoms with E-state index in [0.29, 0.717) is 23.9 Å². The van der Waals surface area contributed by atoms with Crippen molar-refractivity contribution in [1.29, 1.82) is 0 Å². The van der Waals surface area contributed by atoms with Crippen molar-refractivity contribution in [3.05, 3.63) is 52.6 Å². The highest BCUT2D eigenvalue weighted by molar-refractivity contribution is 5.75. The second-order valence-corrected chi connectivity index (χ2v) is 8.84. The first-order chi connectivity index (χ1) is 14.3. The number of benzene rings is 1. The maximum absolute atomic E-state index is 13.7. The Bertz CT molecular complexity index is 861. The van der Waals surface area contributed by atoms with Crippen LogP contribution in [0.15, 0.2) is 24.3 Å². The molecule has 0 unspecified atom stereocenters. The van der Waals surface area contributed by atoms with Crippen LogP contribution in [0.5, 0.6) is 0 Å². The van der Waals surface area contributed by atoms with Crippen LogP contribution >= 0.6 is 0 Å². The van der Waals surface area contributed by atoms with Crippen molar-refractivity contribution in [2.24, 2.45) is 5.92 Å². The highest BCUT2D eigenvalue weighted by atomic mass is 19.1. The molecule has 0 spiro atoms. The van der Waals surface area contributed by atoms with Crippen molar-refractivity contribution in [2.75, 3.05) is 13.1 Å². The van der Waals surface area contributed by atoms with Gasteiger partial charge in [0.1, 0.15) is 5.82 Å². The SMILES string of the molecule is Cc1nn(C(C)C)c(C)c1CN1CCC[C@H](CCC(=O)NCc2ccccc2F)C1. The molecule has 5 nitrogen and oxygen atoms in total. The van der Waals surface area contributed by atoms with Gasteiger partial charge in [-0.05, 0) is 65.5 Å². The molecule has 2 heterocycles. The fourth-order valence-electron chi connectivity index (χ4n) is 4.44. The number of hydrogen-bond acceptors (Lipinski definition) is 3.